The number of ether oxygens (including phenoxy) is 1. The summed E-state index contributed by atoms with van der Waals surface area (Å²) in [6.07, 6.45) is 0. The summed E-state index contributed by atoms with van der Waals surface area (Å²) in [6.45, 7) is 2.67. The zero-order valence-electron chi connectivity index (χ0n) is 17.8. The molecule has 8 heteroatoms. The van der Waals surface area contributed by atoms with E-state index in [9.17, 15) is 4.79 Å². The van der Waals surface area contributed by atoms with Gasteiger partial charge in [0.05, 0.1) is 12.6 Å². The van der Waals surface area contributed by atoms with E-state index < -0.39 is 0 Å². The second kappa shape index (κ2) is 8.80. The number of hydrogen-bond acceptors (Lipinski definition) is 6. The third-order valence-corrected chi connectivity index (χ3v) is 7.40. The van der Waals surface area contributed by atoms with Gasteiger partial charge in [0.1, 0.15) is 10.4 Å². The van der Waals surface area contributed by atoms with Crippen LogP contribution in [0.1, 0.15) is 24.0 Å². The molecule has 0 spiro atoms. The Morgan fingerprint density at radius 1 is 1.09 bits per heavy atom. The summed E-state index contributed by atoms with van der Waals surface area (Å²) in [6, 6.07) is 20.2. The van der Waals surface area contributed by atoms with Gasteiger partial charge in [0.25, 0.3) is 5.56 Å². The van der Waals surface area contributed by atoms with Gasteiger partial charge in [0, 0.05) is 12.3 Å². The summed E-state index contributed by atoms with van der Waals surface area (Å²) in [5.41, 5.74) is 3.17. The quantitative estimate of drug-likeness (QED) is 0.311. The van der Waals surface area contributed by atoms with Crippen molar-refractivity contribution in [2.24, 2.45) is 0 Å². The lowest BCUT2D eigenvalue weighted by atomic mass is 10.0. The molecule has 162 valence electrons. The van der Waals surface area contributed by atoms with Crippen molar-refractivity contribution in [2.45, 2.75) is 30.3 Å². The average Bonchev–Trinajstić information content (AvgIpc) is 3.48. The molecule has 0 aliphatic heterocycles. The topological polar surface area (TPSA) is 61.4 Å². The largest absolute Gasteiger partial charge is 0.497 e. The number of nitrogens with zero attached hydrogens (tertiary/aromatic N) is 4. The van der Waals surface area contributed by atoms with Crippen LogP contribution in [0.3, 0.4) is 0 Å². The molecular formula is C24H22N4O2S2. The smallest absolute Gasteiger partial charge is 0.272 e. The third kappa shape index (κ3) is 3.80. The molecule has 0 bridgehead atoms. The molecule has 5 aromatic rings. The fourth-order valence-corrected chi connectivity index (χ4v) is 5.54. The Morgan fingerprint density at radius 3 is 2.75 bits per heavy atom. The van der Waals surface area contributed by atoms with Crippen molar-refractivity contribution in [2.75, 3.05) is 7.11 Å². The van der Waals surface area contributed by atoms with Crippen LogP contribution in [-0.4, -0.2) is 26.3 Å². The Kier molecular flexibility index (Phi) is 5.71. The first-order chi connectivity index (χ1) is 15.7. The first-order valence-electron chi connectivity index (χ1n) is 10.3. The van der Waals surface area contributed by atoms with E-state index >= 15 is 0 Å². The normalized spacial score (nSPS) is 12.4. The molecule has 0 fully saturated rings. The lowest BCUT2D eigenvalue weighted by Crippen LogP contribution is -2.24. The number of methoxy groups -OCH3 is 1. The standard InChI is InChI=1S/C24H22N4O2S2/c1-16(18-8-4-3-5-9-18)14-27-22(29)21-20(11-12-31-21)28-23(27)25-26-24(28)32-15-17-7-6-10-19(13-17)30-2/h3-13,16H,14-15H2,1-2H3/t16-/m0/s1. The number of aromatic nitrogens is 4. The molecule has 0 saturated carbocycles. The number of benzene rings is 2. The van der Waals surface area contributed by atoms with Gasteiger partial charge < -0.3 is 4.74 Å². The fraction of sp³-hybridized carbons (Fsp3) is 0.208. The molecule has 0 aliphatic carbocycles. The first-order valence-corrected chi connectivity index (χ1v) is 12.2. The van der Waals surface area contributed by atoms with Crippen LogP contribution in [0, 0.1) is 0 Å². The van der Waals surface area contributed by atoms with Crippen molar-refractivity contribution >= 4 is 39.1 Å². The Balaban J connectivity index is 1.54. The molecule has 2 aromatic carbocycles. The van der Waals surface area contributed by atoms with Gasteiger partial charge >= 0.3 is 0 Å². The minimum Gasteiger partial charge on any atom is -0.497 e. The fourth-order valence-electron chi connectivity index (χ4n) is 3.83. The number of thiophene rings is 1. The van der Waals surface area contributed by atoms with E-state index in [2.05, 4.69) is 35.3 Å². The van der Waals surface area contributed by atoms with Crippen LogP contribution in [0.15, 0.2) is 76.0 Å². The summed E-state index contributed by atoms with van der Waals surface area (Å²) in [7, 11) is 1.67. The highest BCUT2D eigenvalue weighted by Gasteiger charge is 2.19. The molecule has 6 nitrogen and oxygen atoms in total. The van der Waals surface area contributed by atoms with E-state index in [1.54, 1.807) is 23.4 Å². The van der Waals surface area contributed by atoms with Crippen LogP contribution in [0.25, 0.3) is 16.0 Å². The molecule has 0 radical (unpaired) electrons. The Morgan fingerprint density at radius 2 is 1.94 bits per heavy atom. The van der Waals surface area contributed by atoms with Crippen molar-refractivity contribution in [1.82, 2.24) is 19.2 Å². The third-order valence-electron chi connectivity index (χ3n) is 5.51. The molecule has 0 unspecified atom stereocenters. The van der Waals surface area contributed by atoms with E-state index in [1.807, 2.05) is 52.2 Å². The number of thioether (sulfide) groups is 1. The van der Waals surface area contributed by atoms with E-state index in [1.165, 1.54) is 16.9 Å². The second-order valence-electron chi connectivity index (χ2n) is 7.62. The van der Waals surface area contributed by atoms with Gasteiger partial charge in [0.2, 0.25) is 5.78 Å². The number of hydrogen-bond donors (Lipinski definition) is 0. The molecule has 0 aliphatic rings. The van der Waals surface area contributed by atoms with Gasteiger partial charge in [-0.2, -0.15) is 0 Å². The van der Waals surface area contributed by atoms with E-state index in [-0.39, 0.29) is 11.5 Å². The predicted octanol–water partition coefficient (Wildman–Crippen LogP) is 5.21. The Bertz CT molecular complexity index is 1440. The van der Waals surface area contributed by atoms with Crippen molar-refractivity contribution < 1.29 is 4.74 Å². The van der Waals surface area contributed by atoms with Crippen molar-refractivity contribution in [3.63, 3.8) is 0 Å². The van der Waals surface area contributed by atoms with E-state index in [4.69, 9.17) is 4.74 Å². The van der Waals surface area contributed by atoms with Crippen LogP contribution < -0.4 is 10.3 Å². The zero-order chi connectivity index (χ0) is 22.1. The summed E-state index contributed by atoms with van der Waals surface area (Å²) < 4.78 is 9.83. The lowest BCUT2D eigenvalue weighted by Gasteiger charge is -2.15. The van der Waals surface area contributed by atoms with Gasteiger partial charge in [0.15, 0.2) is 5.16 Å². The van der Waals surface area contributed by atoms with Crippen molar-refractivity contribution in [3.05, 3.63) is 87.5 Å². The zero-order valence-corrected chi connectivity index (χ0v) is 19.4. The highest BCUT2D eigenvalue weighted by atomic mass is 32.2. The summed E-state index contributed by atoms with van der Waals surface area (Å²) in [5, 5.41) is 11.6. The number of fused-ring (bicyclic) bond motifs is 3. The Labute approximate surface area is 193 Å². The van der Waals surface area contributed by atoms with Crippen LogP contribution in [0.2, 0.25) is 0 Å². The van der Waals surface area contributed by atoms with E-state index in [0.29, 0.717) is 12.3 Å². The summed E-state index contributed by atoms with van der Waals surface area (Å²) in [5.74, 6) is 2.30. The van der Waals surface area contributed by atoms with Crippen LogP contribution in [0.5, 0.6) is 5.75 Å². The minimum absolute atomic E-state index is 0.0120. The average molecular weight is 463 g/mol. The van der Waals surface area contributed by atoms with Crippen LogP contribution in [0.4, 0.5) is 0 Å². The lowest BCUT2D eigenvalue weighted by molar-refractivity contribution is 0.414. The Hall–Kier alpha value is -3.10. The first kappa shape index (κ1) is 20.8. The summed E-state index contributed by atoms with van der Waals surface area (Å²) in [4.78, 5) is 13.3. The predicted molar refractivity (Wildman–Crippen MR) is 130 cm³/mol. The van der Waals surface area contributed by atoms with Crippen LogP contribution in [-0.2, 0) is 12.3 Å². The monoisotopic (exact) mass is 462 g/mol. The molecule has 0 N–H and O–H groups in total. The highest BCUT2D eigenvalue weighted by Crippen LogP contribution is 2.28. The van der Waals surface area contributed by atoms with E-state index in [0.717, 1.165) is 32.4 Å². The van der Waals surface area contributed by atoms with Crippen molar-refractivity contribution in [1.29, 1.82) is 0 Å². The maximum Gasteiger partial charge on any atom is 0.272 e. The van der Waals surface area contributed by atoms with Gasteiger partial charge in [-0.15, -0.1) is 21.5 Å². The molecule has 3 heterocycles. The minimum atomic E-state index is -0.0120. The molecule has 0 amide bonds. The molecule has 3 aromatic heterocycles. The highest BCUT2D eigenvalue weighted by molar-refractivity contribution is 7.98. The van der Waals surface area contributed by atoms with Gasteiger partial charge in [-0.3, -0.25) is 13.8 Å². The molecule has 1 atom stereocenters. The maximum absolute atomic E-state index is 13.3. The molecule has 0 saturated heterocycles. The maximum atomic E-state index is 13.3. The molecule has 32 heavy (non-hydrogen) atoms. The van der Waals surface area contributed by atoms with Crippen molar-refractivity contribution in [3.8, 4) is 5.75 Å². The molecule has 5 rings (SSSR count). The van der Waals surface area contributed by atoms with Gasteiger partial charge in [-0.05, 0) is 40.6 Å². The number of rotatable bonds is 7. The van der Waals surface area contributed by atoms with Gasteiger partial charge in [-0.25, -0.2) is 0 Å². The van der Waals surface area contributed by atoms with Crippen LogP contribution >= 0.6 is 23.1 Å². The van der Waals surface area contributed by atoms with Gasteiger partial charge in [-0.1, -0.05) is 61.2 Å². The molecular weight excluding hydrogens is 440 g/mol. The SMILES string of the molecule is COc1cccc(CSc2nnc3n(C[C@H](C)c4ccccc4)c(=O)c4sccc4n23)c1. The summed E-state index contributed by atoms with van der Waals surface area (Å²) >= 11 is 3.06. The second-order valence-corrected chi connectivity index (χ2v) is 9.48.